The second kappa shape index (κ2) is 17.3. The van der Waals surface area contributed by atoms with Gasteiger partial charge in [0, 0.05) is 0 Å². The zero-order chi connectivity index (χ0) is 40.6. The Morgan fingerprint density at radius 1 is 0.500 bits per heavy atom. The zero-order valence-electron chi connectivity index (χ0n) is 31.9. The monoisotopic (exact) mass is 780 g/mol. The zero-order valence-corrected chi connectivity index (χ0v) is 32.8. The number of rotatable bonds is 18. The van der Waals surface area contributed by atoms with Gasteiger partial charge in [0.1, 0.15) is 0 Å². The fourth-order valence-electron chi connectivity index (χ4n) is 7.59. The first kappa shape index (κ1) is 41.3. The Morgan fingerprint density at radius 3 is 1.36 bits per heavy atom. The van der Waals surface area contributed by atoms with Crippen LogP contribution in [0.5, 0.6) is 23.0 Å². The molecule has 0 unspecified atom stereocenters. The molecule has 0 aromatic heterocycles. The third-order valence-corrected chi connectivity index (χ3v) is 16.5. The average molecular weight is 781 g/mol. The van der Waals surface area contributed by atoms with Crippen molar-refractivity contribution in [3.05, 3.63) is 147 Å². The molecule has 56 heavy (non-hydrogen) atoms. The van der Waals surface area contributed by atoms with Gasteiger partial charge >= 0.3 is 328 Å². The molecule has 0 saturated carbocycles. The van der Waals surface area contributed by atoms with Crippen molar-refractivity contribution in [2.75, 3.05) is 18.5 Å². The summed E-state index contributed by atoms with van der Waals surface area (Å²) >= 11 is 0. The number of carbonyl (C=O) groups is 3. The van der Waals surface area contributed by atoms with E-state index in [9.17, 15) is 45.0 Å². The summed E-state index contributed by atoms with van der Waals surface area (Å²) in [6.07, 6.45) is -1.05. The maximum absolute atomic E-state index is 12.4. The fourth-order valence-corrected chi connectivity index (χ4v) is 13.2. The number of phenols is 3. The van der Waals surface area contributed by atoms with Gasteiger partial charge in [-0.25, -0.2) is 0 Å². The Labute approximate surface area is 326 Å². The third-order valence-electron chi connectivity index (χ3n) is 10.5. The summed E-state index contributed by atoms with van der Waals surface area (Å²) in [5.74, 6) is -2.92. The van der Waals surface area contributed by atoms with Crippen molar-refractivity contribution < 1.29 is 49.5 Å². The number of benzene rings is 5. The molecule has 0 bridgehead atoms. The van der Waals surface area contributed by atoms with Gasteiger partial charge in [0.05, 0.1) is 0 Å². The van der Waals surface area contributed by atoms with E-state index in [-0.39, 0.29) is 55.0 Å². The molecule has 0 amide bonds. The molecule has 0 fully saturated rings. The van der Waals surface area contributed by atoms with Crippen molar-refractivity contribution in [3.8, 4) is 23.0 Å². The van der Waals surface area contributed by atoms with E-state index in [0.717, 1.165) is 16.7 Å². The van der Waals surface area contributed by atoms with Gasteiger partial charge in [-0.3, -0.25) is 0 Å². The van der Waals surface area contributed by atoms with Gasteiger partial charge in [-0.1, -0.05) is 0 Å². The van der Waals surface area contributed by atoms with Gasteiger partial charge in [-0.2, -0.15) is 0 Å². The van der Waals surface area contributed by atoms with Crippen LogP contribution in [-0.2, 0) is 33.6 Å². The van der Waals surface area contributed by atoms with Crippen LogP contribution in [0.15, 0.2) is 97.1 Å². The first-order valence-corrected chi connectivity index (χ1v) is 21.2. The molecule has 0 atom stereocenters. The number of phenolic OH excluding ortho intramolecular Hbond substituents is 3. The predicted molar refractivity (Wildman–Crippen MR) is 218 cm³/mol. The van der Waals surface area contributed by atoms with E-state index in [0.29, 0.717) is 44.4 Å². The van der Waals surface area contributed by atoms with E-state index in [1.54, 1.807) is 54.6 Å². The molecular weight excluding hydrogens is 731 g/mol. The summed E-state index contributed by atoms with van der Waals surface area (Å²) in [4.78, 5) is 37.1. The fraction of sp³-hybridized carbons (Fsp3) is 0.267. The SMILES string of the molecule is Cc1ccc(O)c(Cc2cc(C)cc(Cc3cccc(Cc4cc(C)ccc4O)c3OP(CCC(=O)O)(CCC(=O)O)(CCC(=O)O)c3ccccc3)c2O)c1. The third kappa shape index (κ3) is 9.68. The van der Waals surface area contributed by atoms with E-state index in [1.165, 1.54) is 0 Å². The molecule has 5 aromatic carbocycles. The van der Waals surface area contributed by atoms with E-state index < -0.39 is 44.0 Å². The molecule has 0 saturated heterocycles. The number of aryl methyl sites for hydroxylation is 3. The Balaban J connectivity index is 1.78. The van der Waals surface area contributed by atoms with Gasteiger partial charge < -0.3 is 0 Å². The number of hydrogen-bond acceptors (Lipinski definition) is 7. The van der Waals surface area contributed by atoms with Gasteiger partial charge in [0.15, 0.2) is 0 Å². The molecule has 0 spiro atoms. The van der Waals surface area contributed by atoms with Crippen molar-refractivity contribution in [1.82, 2.24) is 0 Å². The molecule has 6 N–H and O–H groups in total. The summed E-state index contributed by atoms with van der Waals surface area (Å²) < 4.78 is 7.47. The van der Waals surface area contributed by atoms with Crippen LogP contribution >= 0.6 is 6.83 Å². The normalized spacial score (nSPS) is 12.1. The number of hydrogen-bond donors (Lipinski definition) is 6. The summed E-state index contributed by atoms with van der Waals surface area (Å²) in [5, 5.41) is 64.2. The number of aromatic hydroxyl groups is 3. The van der Waals surface area contributed by atoms with E-state index in [1.807, 2.05) is 63.2 Å². The molecule has 0 aliphatic heterocycles. The van der Waals surface area contributed by atoms with Crippen LogP contribution in [0.1, 0.15) is 69.3 Å². The summed E-state index contributed by atoms with van der Waals surface area (Å²) in [6, 6.07) is 28.5. The minimum atomic E-state index is -4.40. The Morgan fingerprint density at radius 2 is 0.911 bits per heavy atom. The maximum atomic E-state index is 12.4. The molecule has 11 heteroatoms. The standard InChI is InChI=1S/C45H49O10P/c1-29-12-14-39(46)34(22-29)26-32-8-7-9-33(27-36-24-31(3)25-37(44(36)54)28-35-23-30(2)13-15-40(35)47)45(32)55-56(19-16-41(48)49,20-17-42(50)51,21-18-43(52)53)38-10-5-4-6-11-38/h4-15,22-25,46-47,54H,16-21,26-28H2,1-3H3,(H,48,49)(H,50,51)(H,52,53). The average Bonchev–Trinajstić information content (AvgIpc) is 3.15. The molecule has 0 radical (unpaired) electrons. The van der Waals surface area contributed by atoms with Crippen LogP contribution in [-0.4, -0.2) is 67.0 Å². The first-order valence-electron chi connectivity index (χ1n) is 18.5. The number of carboxylic acid groups (broad SMARTS) is 3. The second-order valence-electron chi connectivity index (χ2n) is 14.8. The summed E-state index contributed by atoms with van der Waals surface area (Å²) in [5.41, 5.74) is 6.29. The van der Waals surface area contributed by atoms with Gasteiger partial charge in [-0.15, -0.1) is 0 Å². The van der Waals surface area contributed by atoms with Crippen LogP contribution in [0.3, 0.4) is 0 Å². The Hall–Kier alpha value is -5.86. The van der Waals surface area contributed by atoms with Crippen molar-refractivity contribution in [2.45, 2.75) is 59.3 Å². The number of aliphatic carboxylic acids is 3. The molecule has 5 aromatic rings. The Kier molecular flexibility index (Phi) is 12.8. The van der Waals surface area contributed by atoms with Crippen LogP contribution in [0.2, 0.25) is 0 Å². The van der Waals surface area contributed by atoms with E-state index in [4.69, 9.17) is 4.52 Å². The molecule has 0 aliphatic rings. The van der Waals surface area contributed by atoms with Crippen LogP contribution in [0.4, 0.5) is 0 Å². The predicted octanol–water partition coefficient (Wildman–Crippen LogP) is 8.10. The minimum absolute atomic E-state index is 0.0207. The molecule has 10 nitrogen and oxygen atoms in total. The molecule has 0 heterocycles. The summed E-state index contributed by atoms with van der Waals surface area (Å²) in [6.45, 7) is 1.33. The van der Waals surface area contributed by atoms with Crippen molar-refractivity contribution >= 4 is 30.0 Å². The van der Waals surface area contributed by atoms with E-state index in [2.05, 4.69) is 0 Å². The van der Waals surface area contributed by atoms with Crippen LogP contribution in [0, 0.1) is 20.8 Å². The quantitative estimate of drug-likeness (QED) is 0.0476. The molecule has 294 valence electrons. The van der Waals surface area contributed by atoms with E-state index >= 15 is 0 Å². The van der Waals surface area contributed by atoms with Crippen molar-refractivity contribution in [3.63, 3.8) is 0 Å². The van der Waals surface area contributed by atoms with Crippen LogP contribution in [0.25, 0.3) is 0 Å². The first-order chi connectivity index (χ1) is 26.6. The molecular formula is C45H49O10P. The van der Waals surface area contributed by atoms with Crippen LogP contribution < -0.4 is 9.83 Å². The number of carboxylic acids is 3. The summed E-state index contributed by atoms with van der Waals surface area (Å²) in [7, 11) is 0. The van der Waals surface area contributed by atoms with Gasteiger partial charge in [0.25, 0.3) is 0 Å². The van der Waals surface area contributed by atoms with Gasteiger partial charge in [-0.05, 0) is 0 Å². The number of para-hydroxylation sites is 1. The molecule has 0 aliphatic carbocycles. The molecule has 5 rings (SSSR count). The second-order valence-corrected chi connectivity index (χ2v) is 20.1. The Bertz CT molecular complexity index is 2200. The van der Waals surface area contributed by atoms with Gasteiger partial charge in [0.2, 0.25) is 0 Å². The topological polar surface area (TPSA) is 182 Å². The van der Waals surface area contributed by atoms with Crippen molar-refractivity contribution in [1.29, 1.82) is 0 Å². The van der Waals surface area contributed by atoms with Crippen molar-refractivity contribution in [2.24, 2.45) is 0 Å².